The van der Waals surface area contributed by atoms with Crippen LogP contribution in [0.15, 0.2) is 36.5 Å². The van der Waals surface area contributed by atoms with E-state index in [1.807, 2.05) is 12.3 Å². The Morgan fingerprint density at radius 1 is 1.26 bits per heavy atom. The molecular weight excluding hydrogens is 236 g/mol. The lowest BCUT2D eigenvalue weighted by Crippen LogP contribution is -2.32. The summed E-state index contributed by atoms with van der Waals surface area (Å²) in [7, 11) is 1.76. The molecule has 3 heteroatoms. The molecule has 102 valence electrons. The molecule has 0 saturated carbocycles. The van der Waals surface area contributed by atoms with Crippen LogP contribution in [0.25, 0.3) is 10.9 Å². The monoisotopic (exact) mass is 258 g/mol. The molecule has 1 heterocycles. The molecule has 0 aliphatic carbocycles. The summed E-state index contributed by atoms with van der Waals surface area (Å²) in [5.41, 5.74) is 2.35. The van der Waals surface area contributed by atoms with E-state index >= 15 is 0 Å². The van der Waals surface area contributed by atoms with E-state index in [4.69, 9.17) is 4.74 Å². The molecule has 1 unspecified atom stereocenters. The van der Waals surface area contributed by atoms with Crippen molar-refractivity contribution in [3.8, 4) is 0 Å². The fourth-order valence-corrected chi connectivity index (χ4v) is 2.36. The van der Waals surface area contributed by atoms with Gasteiger partial charge in [0.25, 0.3) is 0 Å². The van der Waals surface area contributed by atoms with Crippen LogP contribution in [0.4, 0.5) is 0 Å². The molecule has 0 aliphatic rings. The van der Waals surface area contributed by atoms with Gasteiger partial charge in [0.1, 0.15) is 0 Å². The molecule has 1 aromatic heterocycles. The van der Waals surface area contributed by atoms with Crippen LogP contribution in [-0.4, -0.2) is 24.7 Å². The quantitative estimate of drug-likeness (QED) is 0.828. The minimum absolute atomic E-state index is 0.418. The molecule has 0 fully saturated rings. The second-order valence-corrected chi connectivity index (χ2v) is 4.81. The summed E-state index contributed by atoms with van der Waals surface area (Å²) in [5.74, 6) is 0. The summed E-state index contributed by atoms with van der Waals surface area (Å²) < 4.78 is 5.26. The Morgan fingerprint density at radius 2 is 2.11 bits per heavy atom. The number of pyridine rings is 1. The average Bonchev–Trinajstić information content (AvgIpc) is 2.45. The van der Waals surface area contributed by atoms with Crippen molar-refractivity contribution in [3.63, 3.8) is 0 Å². The van der Waals surface area contributed by atoms with Crippen molar-refractivity contribution in [2.75, 3.05) is 13.7 Å². The Bertz CT molecular complexity index is 502. The van der Waals surface area contributed by atoms with Gasteiger partial charge in [-0.2, -0.15) is 0 Å². The van der Waals surface area contributed by atoms with Crippen LogP contribution in [0.1, 0.15) is 25.3 Å². The first-order chi connectivity index (χ1) is 9.35. The first kappa shape index (κ1) is 14.0. The third kappa shape index (κ3) is 3.75. The van der Waals surface area contributed by atoms with Gasteiger partial charge in [-0.15, -0.1) is 0 Å². The van der Waals surface area contributed by atoms with Crippen molar-refractivity contribution in [1.82, 2.24) is 10.3 Å². The van der Waals surface area contributed by atoms with E-state index in [1.54, 1.807) is 7.11 Å². The first-order valence-electron chi connectivity index (χ1n) is 6.90. The Morgan fingerprint density at radius 3 is 2.89 bits per heavy atom. The van der Waals surface area contributed by atoms with E-state index in [1.165, 1.54) is 10.9 Å². The topological polar surface area (TPSA) is 34.1 Å². The molecule has 1 aromatic carbocycles. The first-order valence-corrected chi connectivity index (χ1v) is 6.90. The maximum atomic E-state index is 5.26. The highest BCUT2D eigenvalue weighted by Crippen LogP contribution is 2.16. The lowest BCUT2D eigenvalue weighted by Gasteiger charge is -2.17. The molecule has 0 bridgehead atoms. The lowest BCUT2D eigenvalue weighted by atomic mass is 10.1. The Hall–Kier alpha value is -1.45. The molecule has 0 spiro atoms. The summed E-state index contributed by atoms with van der Waals surface area (Å²) in [6.07, 6.45) is 4.18. The van der Waals surface area contributed by atoms with Crippen molar-refractivity contribution in [2.24, 2.45) is 0 Å². The van der Waals surface area contributed by atoms with E-state index in [9.17, 15) is 0 Å². The number of ether oxygens (including phenoxy) is 1. The van der Waals surface area contributed by atoms with Gasteiger partial charge in [-0.3, -0.25) is 4.98 Å². The molecule has 19 heavy (non-hydrogen) atoms. The summed E-state index contributed by atoms with van der Waals surface area (Å²) in [4.78, 5) is 4.39. The number of nitrogens with zero attached hydrogens (tertiary/aromatic N) is 1. The summed E-state index contributed by atoms with van der Waals surface area (Å²) in [6, 6.07) is 10.8. The van der Waals surface area contributed by atoms with Crippen LogP contribution in [0.2, 0.25) is 0 Å². The van der Waals surface area contributed by atoms with E-state index in [-0.39, 0.29) is 0 Å². The van der Waals surface area contributed by atoms with Crippen LogP contribution >= 0.6 is 0 Å². The van der Waals surface area contributed by atoms with Crippen molar-refractivity contribution < 1.29 is 4.74 Å². The molecule has 3 nitrogen and oxygen atoms in total. The number of rotatable bonds is 7. The van der Waals surface area contributed by atoms with Gasteiger partial charge >= 0.3 is 0 Å². The SMILES string of the molecule is CCCC(COC)NCc1ccnc2ccccc12. The van der Waals surface area contributed by atoms with Gasteiger partial charge in [-0.1, -0.05) is 31.5 Å². The summed E-state index contributed by atoms with van der Waals surface area (Å²) in [5, 5.41) is 4.80. The molecule has 0 saturated heterocycles. The highest BCUT2D eigenvalue weighted by Gasteiger charge is 2.08. The molecular formula is C16H22N2O. The predicted octanol–water partition coefficient (Wildman–Crippen LogP) is 3.14. The van der Waals surface area contributed by atoms with Gasteiger partial charge in [0.15, 0.2) is 0 Å². The number of fused-ring (bicyclic) bond motifs is 1. The summed E-state index contributed by atoms with van der Waals surface area (Å²) >= 11 is 0. The maximum Gasteiger partial charge on any atom is 0.0705 e. The average molecular weight is 258 g/mol. The van der Waals surface area contributed by atoms with Crippen molar-refractivity contribution in [2.45, 2.75) is 32.4 Å². The molecule has 0 aliphatic heterocycles. The van der Waals surface area contributed by atoms with Gasteiger partial charge in [0.05, 0.1) is 12.1 Å². The molecule has 1 N–H and O–H groups in total. The molecule has 0 radical (unpaired) electrons. The third-order valence-corrected chi connectivity index (χ3v) is 3.33. The summed E-state index contributed by atoms with van der Waals surface area (Å²) in [6.45, 7) is 3.82. The van der Waals surface area contributed by atoms with Crippen molar-refractivity contribution >= 4 is 10.9 Å². The molecule has 1 atom stereocenters. The smallest absolute Gasteiger partial charge is 0.0705 e. The fourth-order valence-electron chi connectivity index (χ4n) is 2.36. The maximum absolute atomic E-state index is 5.26. The minimum Gasteiger partial charge on any atom is -0.383 e. The third-order valence-electron chi connectivity index (χ3n) is 3.33. The van der Waals surface area contributed by atoms with E-state index in [2.05, 4.69) is 41.5 Å². The van der Waals surface area contributed by atoms with Gasteiger partial charge in [-0.25, -0.2) is 0 Å². The number of nitrogens with one attached hydrogen (secondary N) is 1. The molecule has 0 amide bonds. The molecule has 2 aromatic rings. The van der Waals surface area contributed by atoms with Crippen LogP contribution in [0, 0.1) is 0 Å². The Labute approximate surface area is 115 Å². The zero-order valence-corrected chi connectivity index (χ0v) is 11.7. The van der Waals surface area contributed by atoms with E-state index in [0.717, 1.165) is 31.5 Å². The zero-order valence-electron chi connectivity index (χ0n) is 11.7. The normalized spacial score (nSPS) is 12.7. The number of aromatic nitrogens is 1. The van der Waals surface area contributed by atoms with Crippen molar-refractivity contribution in [1.29, 1.82) is 0 Å². The van der Waals surface area contributed by atoms with Crippen LogP contribution in [0.5, 0.6) is 0 Å². The standard InChI is InChI=1S/C16H22N2O/c1-3-6-14(12-19-2)18-11-13-9-10-17-16-8-5-4-7-15(13)16/h4-5,7-10,14,18H,3,6,11-12H2,1-2H3. The highest BCUT2D eigenvalue weighted by molar-refractivity contribution is 5.81. The largest absolute Gasteiger partial charge is 0.383 e. The zero-order chi connectivity index (χ0) is 13.5. The Balaban J connectivity index is 2.08. The second kappa shape index (κ2) is 7.22. The van der Waals surface area contributed by atoms with Gasteiger partial charge in [0, 0.05) is 31.3 Å². The van der Waals surface area contributed by atoms with E-state index in [0.29, 0.717) is 6.04 Å². The van der Waals surface area contributed by atoms with Gasteiger partial charge in [0.2, 0.25) is 0 Å². The van der Waals surface area contributed by atoms with Crippen LogP contribution in [-0.2, 0) is 11.3 Å². The van der Waals surface area contributed by atoms with Crippen LogP contribution < -0.4 is 5.32 Å². The second-order valence-electron chi connectivity index (χ2n) is 4.81. The number of hydrogen-bond donors (Lipinski definition) is 1. The Kier molecular flexibility index (Phi) is 5.31. The predicted molar refractivity (Wildman–Crippen MR) is 79.2 cm³/mol. The van der Waals surface area contributed by atoms with E-state index < -0.39 is 0 Å². The number of hydrogen-bond acceptors (Lipinski definition) is 3. The van der Waals surface area contributed by atoms with Gasteiger partial charge in [-0.05, 0) is 24.1 Å². The van der Waals surface area contributed by atoms with Crippen molar-refractivity contribution in [3.05, 3.63) is 42.1 Å². The lowest BCUT2D eigenvalue weighted by molar-refractivity contribution is 0.161. The minimum atomic E-state index is 0.418. The number of para-hydroxylation sites is 1. The number of methoxy groups -OCH3 is 1. The fraction of sp³-hybridized carbons (Fsp3) is 0.438. The number of benzene rings is 1. The molecule has 2 rings (SSSR count). The van der Waals surface area contributed by atoms with Gasteiger partial charge < -0.3 is 10.1 Å². The van der Waals surface area contributed by atoms with Crippen LogP contribution in [0.3, 0.4) is 0 Å². The highest BCUT2D eigenvalue weighted by atomic mass is 16.5.